The Morgan fingerprint density at radius 1 is 1.43 bits per heavy atom. The van der Waals surface area contributed by atoms with E-state index in [2.05, 4.69) is 10.3 Å². The van der Waals surface area contributed by atoms with Crippen LogP contribution < -0.4 is 5.32 Å². The lowest BCUT2D eigenvalue weighted by Crippen LogP contribution is -2.54. The minimum Gasteiger partial charge on any atom is -0.332 e. The third-order valence-corrected chi connectivity index (χ3v) is 4.28. The van der Waals surface area contributed by atoms with Gasteiger partial charge in [0.2, 0.25) is 0 Å². The van der Waals surface area contributed by atoms with Crippen LogP contribution in [0.4, 0.5) is 18.0 Å². The molecule has 0 bridgehead atoms. The van der Waals surface area contributed by atoms with Gasteiger partial charge in [-0.1, -0.05) is 19.9 Å². The van der Waals surface area contributed by atoms with Crippen LogP contribution >= 0.6 is 0 Å². The Morgan fingerprint density at radius 3 is 2.70 bits per heavy atom. The van der Waals surface area contributed by atoms with E-state index in [1.54, 1.807) is 19.9 Å². The predicted molar refractivity (Wildman–Crippen MR) is 80.7 cm³/mol. The van der Waals surface area contributed by atoms with Crippen LogP contribution in [-0.2, 0) is 6.54 Å². The van der Waals surface area contributed by atoms with E-state index in [4.69, 9.17) is 0 Å². The van der Waals surface area contributed by atoms with Crippen LogP contribution in [0.15, 0.2) is 18.2 Å². The number of aromatic nitrogens is 1. The van der Waals surface area contributed by atoms with Crippen molar-refractivity contribution in [3.63, 3.8) is 0 Å². The first kappa shape index (κ1) is 17.6. The number of likely N-dealkylation sites (tertiary alicyclic amines) is 1. The van der Waals surface area contributed by atoms with E-state index in [-0.39, 0.29) is 32.1 Å². The average Bonchev–Trinajstić information content (AvgIpc) is 2.42. The zero-order valence-electron chi connectivity index (χ0n) is 13.6. The van der Waals surface area contributed by atoms with Gasteiger partial charge in [-0.2, -0.15) is 13.2 Å². The van der Waals surface area contributed by atoms with Crippen LogP contribution in [0.2, 0.25) is 0 Å². The monoisotopic (exact) mass is 329 g/mol. The van der Waals surface area contributed by atoms with E-state index in [1.165, 1.54) is 4.90 Å². The van der Waals surface area contributed by atoms with E-state index in [0.717, 1.165) is 11.4 Å². The number of piperidine rings is 1. The van der Waals surface area contributed by atoms with Crippen molar-refractivity contribution in [2.45, 2.75) is 39.9 Å². The van der Waals surface area contributed by atoms with Crippen LogP contribution in [0.5, 0.6) is 0 Å². The molecule has 128 valence electrons. The topological polar surface area (TPSA) is 45.2 Å². The number of aryl methyl sites for hydroxylation is 1. The number of carbonyl (C=O) groups excluding carboxylic acids is 1. The van der Waals surface area contributed by atoms with Crippen molar-refractivity contribution in [1.82, 2.24) is 15.2 Å². The van der Waals surface area contributed by atoms with E-state index < -0.39 is 17.5 Å². The summed E-state index contributed by atoms with van der Waals surface area (Å²) in [7, 11) is 0. The lowest BCUT2D eigenvalue weighted by Gasteiger charge is -2.44. The highest BCUT2D eigenvalue weighted by atomic mass is 19.4. The Bertz CT molecular complexity index is 572. The molecule has 0 aliphatic carbocycles. The van der Waals surface area contributed by atoms with Crippen molar-refractivity contribution < 1.29 is 18.0 Å². The first-order valence-electron chi connectivity index (χ1n) is 7.61. The lowest BCUT2D eigenvalue weighted by atomic mass is 9.73. The van der Waals surface area contributed by atoms with Crippen LogP contribution in [0.3, 0.4) is 0 Å². The molecule has 0 spiro atoms. The number of hydrogen-bond acceptors (Lipinski definition) is 2. The maximum Gasteiger partial charge on any atom is 0.392 e. The van der Waals surface area contributed by atoms with Crippen molar-refractivity contribution in [2.75, 3.05) is 13.1 Å². The molecule has 1 aromatic rings. The quantitative estimate of drug-likeness (QED) is 0.902. The van der Waals surface area contributed by atoms with Gasteiger partial charge < -0.3 is 10.2 Å². The van der Waals surface area contributed by atoms with Gasteiger partial charge in [-0.15, -0.1) is 0 Å². The summed E-state index contributed by atoms with van der Waals surface area (Å²) in [5.74, 6) is -1.38. The SMILES string of the molecule is Cc1cccc(CNC(=O)N2CC[C@H](C(F)(F)F)C(C)(C)C2)n1. The Kier molecular flexibility index (Phi) is 4.87. The number of alkyl halides is 3. The fraction of sp³-hybridized carbons (Fsp3) is 0.625. The van der Waals surface area contributed by atoms with Gasteiger partial charge in [0.25, 0.3) is 0 Å². The van der Waals surface area contributed by atoms with E-state index >= 15 is 0 Å². The molecule has 1 N–H and O–H groups in total. The molecule has 2 amide bonds. The normalized spacial score (nSPS) is 21.1. The third kappa shape index (κ3) is 4.36. The highest BCUT2D eigenvalue weighted by Gasteiger charge is 2.51. The van der Waals surface area contributed by atoms with Gasteiger partial charge in [-0.05, 0) is 30.9 Å². The number of hydrogen-bond donors (Lipinski definition) is 1. The van der Waals surface area contributed by atoms with Crippen molar-refractivity contribution in [3.8, 4) is 0 Å². The standard InChI is InChI=1S/C16H22F3N3O/c1-11-5-4-6-12(21-11)9-20-14(23)22-8-7-13(16(17,18)19)15(2,3)10-22/h4-6,13H,7-10H2,1-3H3,(H,20,23)/t13-/m0/s1. The first-order chi connectivity index (χ1) is 10.6. The highest BCUT2D eigenvalue weighted by molar-refractivity contribution is 5.74. The summed E-state index contributed by atoms with van der Waals surface area (Å²) < 4.78 is 39.1. The molecule has 7 heteroatoms. The Balaban J connectivity index is 1.94. The van der Waals surface area contributed by atoms with Crippen LogP contribution in [0, 0.1) is 18.3 Å². The Morgan fingerprint density at radius 2 is 2.13 bits per heavy atom. The van der Waals surface area contributed by atoms with Gasteiger partial charge in [-0.25, -0.2) is 4.79 Å². The van der Waals surface area contributed by atoms with Crippen molar-refractivity contribution in [3.05, 3.63) is 29.6 Å². The van der Waals surface area contributed by atoms with Crippen molar-refractivity contribution in [2.24, 2.45) is 11.3 Å². The van der Waals surface area contributed by atoms with Gasteiger partial charge >= 0.3 is 12.2 Å². The average molecular weight is 329 g/mol. The number of pyridine rings is 1. The minimum atomic E-state index is -4.22. The van der Waals surface area contributed by atoms with E-state index in [1.807, 2.05) is 19.1 Å². The largest absolute Gasteiger partial charge is 0.392 e. The number of nitrogens with zero attached hydrogens (tertiary/aromatic N) is 2. The smallest absolute Gasteiger partial charge is 0.332 e. The molecule has 1 aromatic heterocycles. The zero-order valence-corrected chi connectivity index (χ0v) is 13.6. The number of amides is 2. The van der Waals surface area contributed by atoms with E-state index in [0.29, 0.717) is 0 Å². The summed E-state index contributed by atoms with van der Waals surface area (Å²) in [5.41, 5.74) is 0.585. The second-order valence-corrected chi connectivity index (χ2v) is 6.72. The molecule has 23 heavy (non-hydrogen) atoms. The Labute approximate surface area is 134 Å². The predicted octanol–water partition coefficient (Wildman–Crippen LogP) is 3.51. The molecule has 1 aliphatic heterocycles. The first-order valence-corrected chi connectivity index (χ1v) is 7.61. The molecule has 0 aromatic carbocycles. The molecule has 0 saturated carbocycles. The summed E-state index contributed by atoms with van der Waals surface area (Å²) in [6.45, 7) is 5.44. The van der Waals surface area contributed by atoms with Gasteiger partial charge in [0, 0.05) is 18.8 Å². The molecule has 1 saturated heterocycles. The number of halogens is 3. The van der Waals surface area contributed by atoms with Gasteiger partial charge in [0.05, 0.1) is 18.2 Å². The second kappa shape index (κ2) is 6.37. The third-order valence-electron chi connectivity index (χ3n) is 4.28. The number of rotatable bonds is 2. The van der Waals surface area contributed by atoms with Crippen LogP contribution in [-0.4, -0.2) is 35.2 Å². The summed E-state index contributed by atoms with van der Waals surface area (Å²) in [6, 6.07) is 5.16. The maximum atomic E-state index is 13.0. The van der Waals surface area contributed by atoms with Crippen molar-refractivity contribution in [1.29, 1.82) is 0 Å². The molecular formula is C16H22F3N3O. The van der Waals surface area contributed by atoms with Crippen LogP contribution in [0.1, 0.15) is 31.7 Å². The van der Waals surface area contributed by atoms with Gasteiger partial charge in [0.1, 0.15) is 0 Å². The van der Waals surface area contributed by atoms with E-state index in [9.17, 15) is 18.0 Å². The van der Waals surface area contributed by atoms with Crippen molar-refractivity contribution >= 4 is 6.03 Å². The molecule has 0 unspecified atom stereocenters. The Hall–Kier alpha value is -1.79. The molecule has 1 atom stereocenters. The summed E-state index contributed by atoms with van der Waals surface area (Å²) in [5, 5.41) is 2.73. The molecule has 2 heterocycles. The molecule has 2 rings (SSSR count). The molecule has 4 nitrogen and oxygen atoms in total. The van der Waals surface area contributed by atoms with Gasteiger partial charge in [-0.3, -0.25) is 4.98 Å². The lowest BCUT2D eigenvalue weighted by molar-refractivity contribution is -0.214. The number of urea groups is 1. The molecule has 1 fully saturated rings. The zero-order chi connectivity index (χ0) is 17.3. The summed E-state index contributed by atoms with van der Waals surface area (Å²) in [6.07, 6.45) is -4.29. The summed E-state index contributed by atoms with van der Waals surface area (Å²) in [4.78, 5) is 17.9. The number of nitrogens with one attached hydrogen (secondary N) is 1. The van der Waals surface area contributed by atoms with Crippen LogP contribution in [0.25, 0.3) is 0 Å². The summed E-state index contributed by atoms with van der Waals surface area (Å²) >= 11 is 0. The highest BCUT2D eigenvalue weighted by Crippen LogP contribution is 2.44. The molecule has 1 aliphatic rings. The molecular weight excluding hydrogens is 307 g/mol. The second-order valence-electron chi connectivity index (χ2n) is 6.72. The fourth-order valence-electron chi connectivity index (χ4n) is 3.11. The molecule has 0 radical (unpaired) electrons. The fourth-order valence-corrected chi connectivity index (χ4v) is 3.11. The maximum absolute atomic E-state index is 13.0. The minimum absolute atomic E-state index is 0.0629. The van der Waals surface area contributed by atoms with Gasteiger partial charge in [0.15, 0.2) is 0 Å². The number of carbonyl (C=O) groups is 1.